The Bertz CT molecular complexity index is 469. The molecule has 2 aromatic heterocycles. The van der Waals surface area contributed by atoms with E-state index < -0.39 is 6.16 Å². The van der Waals surface area contributed by atoms with Crippen LogP contribution < -0.4 is 4.74 Å². The van der Waals surface area contributed by atoms with Crippen molar-refractivity contribution in [1.82, 2.24) is 9.97 Å². The minimum absolute atomic E-state index is 0.112. The molecule has 15 heavy (non-hydrogen) atoms. The fourth-order valence-corrected chi connectivity index (χ4v) is 1.77. The van der Waals surface area contributed by atoms with Crippen LogP contribution in [0.25, 0.3) is 10.4 Å². The third kappa shape index (κ3) is 2.29. The molecule has 0 bridgehead atoms. The first kappa shape index (κ1) is 9.60. The molecule has 2 heterocycles. The zero-order chi connectivity index (χ0) is 10.7. The van der Waals surface area contributed by atoms with E-state index in [1.54, 1.807) is 24.7 Å². The molecular formula is C9H6N2O3S. The van der Waals surface area contributed by atoms with Gasteiger partial charge in [-0.2, -0.15) is 0 Å². The molecule has 0 atom stereocenters. The third-order valence-corrected chi connectivity index (χ3v) is 2.53. The van der Waals surface area contributed by atoms with Gasteiger partial charge in [0.1, 0.15) is 0 Å². The van der Waals surface area contributed by atoms with Crippen LogP contribution in [0.4, 0.5) is 4.79 Å². The van der Waals surface area contributed by atoms with Crippen LogP contribution in [0, 0.1) is 0 Å². The van der Waals surface area contributed by atoms with Gasteiger partial charge in [0.25, 0.3) is 5.19 Å². The van der Waals surface area contributed by atoms with Crippen molar-refractivity contribution in [2.75, 3.05) is 0 Å². The second-order valence-electron chi connectivity index (χ2n) is 2.60. The first-order valence-electron chi connectivity index (χ1n) is 4.03. The first-order valence-corrected chi connectivity index (χ1v) is 4.84. The van der Waals surface area contributed by atoms with Gasteiger partial charge in [-0.3, -0.25) is 4.98 Å². The van der Waals surface area contributed by atoms with E-state index in [-0.39, 0.29) is 5.19 Å². The lowest BCUT2D eigenvalue weighted by Gasteiger charge is -1.92. The molecule has 76 valence electrons. The number of aromatic nitrogens is 2. The Morgan fingerprint density at radius 2 is 2.33 bits per heavy atom. The maximum atomic E-state index is 10.2. The highest BCUT2D eigenvalue weighted by Crippen LogP contribution is 2.29. The second kappa shape index (κ2) is 4.05. The number of carbonyl (C=O) groups is 1. The van der Waals surface area contributed by atoms with E-state index in [2.05, 4.69) is 14.7 Å². The van der Waals surface area contributed by atoms with Gasteiger partial charge in [-0.1, -0.05) is 17.4 Å². The van der Waals surface area contributed by atoms with Crippen molar-refractivity contribution in [3.63, 3.8) is 0 Å². The van der Waals surface area contributed by atoms with Crippen molar-refractivity contribution in [2.24, 2.45) is 0 Å². The number of ether oxygens (including phenoxy) is 1. The maximum absolute atomic E-state index is 10.2. The lowest BCUT2D eigenvalue weighted by molar-refractivity contribution is 0.144. The van der Waals surface area contributed by atoms with Crippen LogP contribution in [-0.2, 0) is 0 Å². The Labute approximate surface area is 89.0 Å². The van der Waals surface area contributed by atoms with Gasteiger partial charge in [0.15, 0.2) is 0 Å². The quantitative estimate of drug-likeness (QED) is 0.789. The summed E-state index contributed by atoms with van der Waals surface area (Å²) in [4.78, 5) is 18.8. The zero-order valence-electron chi connectivity index (χ0n) is 7.45. The van der Waals surface area contributed by atoms with Gasteiger partial charge in [0.2, 0.25) is 0 Å². The molecule has 0 aliphatic rings. The van der Waals surface area contributed by atoms with E-state index >= 15 is 0 Å². The van der Waals surface area contributed by atoms with Crippen molar-refractivity contribution < 1.29 is 14.6 Å². The predicted octanol–water partition coefficient (Wildman–Crippen LogP) is 2.26. The average molecular weight is 222 g/mol. The number of carboxylic acid groups (broad SMARTS) is 1. The van der Waals surface area contributed by atoms with E-state index in [4.69, 9.17) is 5.11 Å². The Hall–Kier alpha value is -1.95. The lowest BCUT2D eigenvalue weighted by Crippen LogP contribution is -2.01. The molecule has 2 rings (SSSR count). The molecule has 0 radical (unpaired) electrons. The molecule has 0 aliphatic heterocycles. The van der Waals surface area contributed by atoms with E-state index in [0.29, 0.717) is 0 Å². The molecule has 1 N–H and O–H groups in total. The summed E-state index contributed by atoms with van der Waals surface area (Å²) in [6.07, 6.45) is 3.54. The highest BCUT2D eigenvalue weighted by atomic mass is 32.1. The highest BCUT2D eigenvalue weighted by Gasteiger charge is 2.08. The number of nitrogens with zero attached hydrogens (tertiary/aromatic N) is 2. The van der Waals surface area contributed by atoms with Crippen molar-refractivity contribution in [3.8, 4) is 15.6 Å². The van der Waals surface area contributed by atoms with Gasteiger partial charge >= 0.3 is 6.16 Å². The molecule has 0 amide bonds. The number of rotatable bonds is 2. The fourth-order valence-electron chi connectivity index (χ4n) is 1.02. The van der Waals surface area contributed by atoms with Crippen molar-refractivity contribution >= 4 is 17.5 Å². The number of pyridine rings is 1. The van der Waals surface area contributed by atoms with E-state index in [1.807, 2.05) is 6.07 Å². The summed E-state index contributed by atoms with van der Waals surface area (Å²) >= 11 is 1.16. The smallest absolute Gasteiger partial charge is 0.449 e. The SMILES string of the molecule is O=C(O)Oc1ncc(-c2cccnc2)s1. The summed E-state index contributed by atoms with van der Waals surface area (Å²) in [7, 11) is 0. The average Bonchev–Trinajstić information content (AvgIpc) is 2.67. The van der Waals surface area contributed by atoms with Gasteiger partial charge in [0, 0.05) is 24.2 Å². The molecule has 0 spiro atoms. The van der Waals surface area contributed by atoms with Crippen molar-refractivity contribution in [3.05, 3.63) is 30.7 Å². The normalized spacial score (nSPS) is 9.87. The summed E-state index contributed by atoms with van der Waals surface area (Å²) < 4.78 is 4.42. The van der Waals surface area contributed by atoms with Gasteiger partial charge in [0.05, 0.1) is 4.88 Å². The van der Waals surface area contributed by atoms with Crippen molar-refractivity contribution in [1.29, 1.82) is 0 Å². The third-order valence-electron chi connectivity index (χ3n) is 1.61. The first-order chi connectivity index (χ1) is 7.25. The summed E-state index contributed by atoms with van der Waals surface area (Å²) in [6.45, 7) is 0. The van der Waals surface area contributed by atoms with Crippen LogP contribution >= 0.6 is 11.3 Å². The molecule has 0 fully saturated rings. The summed E-state index contributed by atoms with van der Waals surface area (Å²) in [5.74, 6) is 0. The predicted molar refractivity (Wildman–Crippen MR) is 54.0 cm³/mol. The molecule has 0 aliphatic carbocycles. The van der Waals surface area contributed by atoms with E-state index in [1.165, 1.54) is 0 Å². The van der Waals surface area contributed by atoms with E-state index in [0.717, 1.165) is 21.8 Å². The Balaban J connectivity index is 2.24. The number of thiazole rings is 1. The summed E-state index contributed by atoms with van der Waals surface area (Å²) in [6, 6.07) is 3.66. The van der Waals surface area contributed by atoms with Gasteiger partial charge in [-0.05, 0) is 6.07 Å². The van der Waals surface area contributed by atoms with Crippen molar-refractivity contribution in [2.45, 2.75) is 0 Å². The standard InChI is InChI=1S/C9H6N2O3S/c12-9(13)14-8-11-5-7(15-8)6-2-1-3-10-4-6/h1-5H,(H,12,13). The van der Waals surface area contributed by atoms with Gasteiger partial charge in [-0.15, -0.1) is 0 Å². The maximum Gasteiger partial charge on any atom is 0.513 e. The molecule has 0 saturated heterocycles. The second-order valence-corrected chi connectivity index (χ2v) is 3.59. The van der Waals surface area contributed by atoms with Gasteiger partial charge < -0.3 is 9.84 Å². The fraction of sp³-hybridized carbons (Fsp3) is 0. The Morgan fingerprint density at radius 1 is 1.47 bits per heavy atom. The number of hydrogen-bond donors (Lipinski definition) is 1. The Kier molecular flexibility index (Phi) is 2.59. The highest BCUT2D eigenvalue weighted by molar-refractivity contribution is 7.16. The monoisotopic (exact) mass is 222 g/mol. The minimum Gasteiger partial charge on any atom is -0.449 e. The number of hydrogen-bond acceptors (Lipinski definition) is 5. The molecule has 6 heteroatoms. The van der Waals surface area contributed by atoms with Crippen LogP contribution in [0.3, 0.4) is 0 Å². The zero-order valence-corrected chi connectivity index (χ0v) is 8.27. The van der Waals surface area contributed by atoms with E-state index in [9.17, 15) is 4.79 Å². The molecule has 2 aromatic rings. The largest absolute Gasteiger partial charge is 0.513 e. The van der Waals surface area contributed by atoms with Gasteiger partial charge in [-0.25, -0.2) is 9.78 Å². The molecule has 5 nitrogen and oxygen atoms in total. The topological polar surface area (TPSA) is 72.3 Å². The van der Waals surface area contributed by atoms with Crippen LogP contribution in [-0.4, -0.2) is 21.2 Å². The minimum atomic E-state index is -1.36. The summed E-state index contributed by atoms with van der Waals surface area (Å²) in [5.41, 5.74) is 0.884. The van der Waals surface area contributed by atoms with Crippen LogP contribution in [0.1, 0.15) is 0 Å². The molecule has 0 saturated carbocycles. The van der Waals surface area contributed by atoms with Crippen LogP contribution in [0.15, 0.2) is 30.7 Å². The lowest BCUT2D eigenvalue weighted by atomic mass is 10.3. The van der Waals surface area contributed by atoms with Crippen LogP contribution in [0.5, 0.6) is 5.19 Å². The van der Waals surface area contributed by atoms with Crippen LogP contribution in [0.2, 0.25) is 0 Å². The molecule has 0 aromatic carbocycles. The molecular weight excluding hydrogens is 216 g/mol. The summed E-state index contributed by atoms with van der Waals surface area (Å²) in [5, 5.41) is 8.49. The Morgan fingerprint density at radius 3 is 3.00 bits per heavy atom. The molecule has 0 unspecified atom stereocenters.